The molecule has 0 N–H and O–H groups in total. The van der Waals surface area contributed by atoms with Gasteiger partial charge in [0.1, 0.15) is 0 Å². The van der Waals surface area contributed by atoms with Gasteiger partial charge in [-0.1, -0.05) is 6.92 Å². The van der Waals surface area contributed by atoms with E-state index in [1.54, 1.807) is 0 Å². The monoisotopic (exact) mass is 130 g/mol. The van der Waals surface area contributed by atoms with Crippen molar-refractivity contribution in [1.29, 1.82) is 0 Å². The van der Waals surface area contributed by atoms with Crippen LogP contribution in [0.15, 0.2) is 0 Å². The van der Waals surface area contributed by atoms with Crippen molar-refractivity contribution in [1.82, 2.24) is 5.32 Å². The zero-order valence-corrected chi connectivity index (χ0v) is 6.08. The highest BCUT2D eigenvalue weighted by atomic mass is 32.2. The summed E-state index contributed by atoms with van der Waals surface area (Å²) in [6, 6.07) is 0. The fourth-order valence-electron chi connectivity index (χ4n) is 0.934. The lowest BCUT2D eigenvalue weighted by Crippen LogP contribution is -2.03. The SMILES string of the molecule is CCSC1CC[N]C1. The lowest BCUT2D eigenvalue weighted by molar-refractivity contribution is 0.839. The maximum Gasteiger partial charge on any atom is 0.0253 e. The third kappa shape index (κ3) is 1.67. The first kappa shape index (κ1) is 6.43. The van der Waals surface area contributed by atoms with Crippen LogP contribution in [0.5, 0.6) is 0 Å². The van der Waals surface area contributed by atoms with E-state index in [1.165, 1.54) is 12.2 Å². The fraction of sp³-hybridized carbons (Fsp3) is 1.00. The van der Waals surface area contributed by atoms with Gasteiger partial charge in [-0.2, -0.15) is 11.8 Å². The molecule has 0 spiro atoms. The second-order valence-corrected chi connectivity index (χ2v) is 3.57. The van der Waals surface area contributed by atoms with Crippen molar-refractivity contribution in [3.63, 3.8) is 0 Å². The molecule has 1 saturated heterocycles. The van der Waals surface area contributed by atoms with Crippen molar-refractivity contribution >= 4 is 11.8 Å². The van der Waals surface area contributed by atoms with Crippen LogP contribution in [0.3, 0.4) is 0 Å². The first-order chi connectivity index (χ1) is 3.93. The normalized spacial score (nSPS) is 28.9. The highest BCUT2D eigenvalue weighted by Gasteiger charge is 2.13. The molecule has 0 aromatic carbocycles. The van der Waals surface area contributed by atoms with Crippen LogP contribution in [-0.2, 0) is 0 Å². The standard InChI is InChI=1S/C6H12NS/c1-2-8-6-3-4-7-5-6/h6H,2-5H2,1H3. The molecule has 0 aliphatic carbocycles. The molecule has 1 aliphatic heterocycles. The molecular weight excluding hydrogens is 118 g/mol. The zero-order chi connectivity index (χ0) is 5.82. The molecule has 1 heterocycles. The highest BCUT2D eigenvalue weighted by Crippen LogP contribution is 2.16. The summed E-state index contributed by atoms with van der Waals surface area (Å²) in [5.41, 5.74) is 0. The van der Waals surface area contributed by atoms with Gasteiger partial charge in [0.25, 0.3) is 0 Å². The maximum atomic E-state index is 4.26. The molecule has 8 heavy (non-hydrogen) atoms. The first-order valence-corrected chi connectivity index (χ1v) is 4.23. The summed E-state index contributed by atoms with van der Waals surface area (Å²) < 4.78 is 0. The zero-order valence-electron chi connectivity index (χ0n) is 5.26. The Morgan fingerprint density at radius 3 is 3.12 bits per heavy atom. The second-order valence-electron chi connectivity index (χ2n) is 2.00. The van der Waals surface area contributed by atoms with Crippen molar-refractivity contribution < 1.29 is 0 Å². The molecule has 0 amide bonds. The highest BCUT2D eigenvalue weighted by molar-refractivity contribution is 7.99. The number of nitrogens with zero attached hydrogens (tertiary/aromatic N) is 1. The van der Waals surface area contributed by atoms with E-state index in [-0.39, 0.29) is 0 Å². The van der Waals surface area contributed by atoms with Crippen molar-refractivity contribution in [3.8, 4) is 0 Å². The molecule has 1 unspecified atom stereocenters. The summed E-state index contributed by atoms with van der Waals surface area (Å²) in [6.07, 6.45) is 1.32. The number of thioether (sulfide) groups is 1. The molecule has 1 nitrogen and oxygen atoms in total. The number of hydrogen-bond donors (Lipinski definition) is 0. The van der Waals surface area contributed by atoms with Crippen LogP contribution >= 0.6 is 11.8 Å². The van der Waals surface area contributed by atoms with E-state index in [4.69, 9.17) is 0 Å². The molecule has 1 atom stereocenters. The van der Waals surface area contributed by atoms with Crippen molar-refractivity contribution in [2.24, 2.45) is 0 Å². The van der Waals surface area contributed by atoms with Gasteiger partial charge in [0.15, 0.2) is 0 Å². The van der Waals surface area contributed by atoms with Gasteiger partial charge in [0.05, 0.1) is 0 Å². The summed E-state index contributed by atoms with van der Waals surface area (Å²) >= 11 is 2.05. The lowest BCUT2D eigenvalue weighted by Gasteiger charge is -2.02. The Morgan fingerprint density at radius 2 is 2.62 bits per heavy atom. The van der Waals surface area contributed by atoms with E-state index >= 15 is 0 Å². The van der Waals surface area contributed by atoms with Gasteiger partial charge >= 0.3 is 0 Å². The van der Waals surface area contributed by atoms with Crippen molar-refractivity contribution in [3.05, 3.63) is 0 Å². The van der Waals surface area contributed by atoms with Crippen LogP contribution < -0.4 is 5.32 Å². The summed E-state index contributed by atoms with van der Waals surface area (Å²) in [4.78, 5) is 0. The Morgan fingerprint density at radius 1 is 1.75 bits per heavy atom. The molecule has 0 aromatic heterocycles. The summed E-state index contributed by atoms with van der Waals surface area (Å²) in [5.74, 6) is 1.25. The molecule has 1 rings (SSSR count). The third-order valence-electron chi connectivity index (χ3n) is 1.34. The molecule has 1 fully saturated rings. The number of hydrogen-bond acceptors (Lipinski definition) is 1. The molecule has 47 valence electrons. The van der Waals surface area contributed by atoms with Gasteiger partial charge in [-0.3, -0.25) is 0 Å². The minimum atomic E-state index is 0.861. The molecule has 1 aliphatic rings. The molecule has 1 radical (unpaired) electrons. The van der Waals surface area contributed by atoms with Crippen LogP contribution in [0.25, 0.3) is 0 Å². The second kappa shape index (κ2) is 3.36. The third-order valence-corrected chi connectivity index (χ3v) is 2.53. The van der Waals surface area contributed by atoms with Crippen LogP contribution in [0.2, 0.25) is 0 Å². The largest absolute Gasteiger partial charge is 0.241 e. The Hall–Kier alpha value is 0.310. The van der Waals surface area contributed by atoms with Crippen LogP contribution in [-0.4, -0.2) is 24.1 Å². The Bertz CT molecular complexity index is 59.5. The predicted octanol–water partition coefficient (Wildman–Crippen LogP) is 1.12. The van der Waals surface area contributed by atoms with Crippen molar-refractivity contribution in [2.45, 2.75) is 18.6 Å². The van der Waals surface area contributed by atoms with Crippen LogP contribution in [0.1, 0.15) is 13.3 Å². The quantitative estimate of drug-likeness (QED) is 0.546. The molecular formula is C6H12NS. The predicted molar refractivity (Wildman–Crippen MR) is 38.4 cm³/mol. The Balaban J connectivity index is 2.06. The first-order valence-electron chi connectivity index (χ1n) is 3.18. The van der Waals surface area contributed by atoms with Gasteiger partial charge in [0, 0.05) is 18.3 Å². The van der Waals surface area contributed by atoms with E-state index in [0.717, 1.165) is 18.3 Å². The van der Waals surface area contributed by atoms with Gasteiger partial charge in [-0.05, 0) is 12.2 Å². The summed E-state index contributed by atoms with van der Waals surface area (Å²) in [6.45, 7) is 4.43. The smallest absolute Gasteiger partial charge is 0.0253 e. The van der Waals surface area contributed by atoms with E-state index < -0.39 is 0 Å². The fourth-order valence-corrected chi connectivity index (χ4v) is 1.89. The minimum absolute atomic E-state index is 0.861. The van der Waals surface area contributed by atoms with E-state index in [9.17, 15) is 0 Å². The van der Waals surface area contributed by atoms with Crippen LogP contribution in [0.4, 0.5) is 0 Å². The van der Waals surface area contributed by atoms with Crippen LogP contribution in [0, 0.1) is 0 Å². The van der Waals surface area contributed by atoms with E-state index in [0.29, 0.717) is 0 Å². The number of rotatable bonds is 2. The summed E-state index contributed by atoms with van der Waals surface area (Å²) in [5, 5.41) is 5.12. The average Bonchev–Trinajstić information content (AvgIpc) is 2.19. The summed E-state index contributed by atoms with van der Waals surface area (Å²) in [7, 11) is 0. The Labute approximate surface area is 55.2 Å². The maximum absolute atomic E-state index is 4.26. The Kier molecular flexibility index (Phi) is 2.70. The topological polar surface area (TPSA) is 14.1 Å². The van der Waals surface area contributed by atoms with Gasteiger partial charge in [-0.15, -0.1) is 0 Å². The van der Waals surface area contributed by atoms with E-state index in [2.05, 4.69) is 12.2 Å². The van der Waals surface area contributed by atoms with Gasteiger partial charge in [0.2, 0.25) is 0 Å². The molecule has 0 aromatic rings. The van der Waals surface area contributed by atoms with Gasteiger partial charge < -0.3 is 0 Å². The lowest BCUT2D eigenvalue weighted by atomic mass is 10.4. The average molecular weight is 130 g/mol. The minimum Gasteiger partial charge on any atom is -0.241 e. The molecule has 0 saturated carbocycles. The molecule has 0 bridgehead atoms. The van der Waals surface area contributed by atoms with E-state index in [1.807, 2.05) is 11.8 Å². The van der Waals surface area contributed by atoms with Crippen molar-refractivity contribution in [2.75, 3.05) is 18.8 Å². The molecule has 2 heteroatoms. The van der Waals surface area contributed by atoms with Gasteiger partial charge in [-0.25, -0.2) is 5.32 Å².